The predicted octanol–water partition coefficient (Wildman–Crippen LogP) is 3.73. The second-order valence-corrected chi connectivity index (χ2v) is 20.8. The molecule has 0 aliphatic rings. The highest BCUT2D eigenvalue weighted by Crippen LogP contribution is 2.24. The number of alkyl halides is 2. The Morgan fingerprint density at radius 1 is 0.545 bits per heavy atom. The molecule has 438 valence electrons. The summed E-state index contributed by atoms with van der Waals surface area (Å²) >= 11 is 9.53. The van der Waals surface area contributed by atoms with Crippen molar-refractivity contribution in [2.24, 2.45) is 11.6 Å². The van der Waals surface area contributed by atoms with E-state index in [1.807, 2.05) is 20.8 Å². The summed E-state index contributed by atoms with van der Waals surface area (Å²) in [5.74, 6) is 2.58. The average molecular weight is 1140 g/mol. The summed E-state index contributed by atoms with van der Waals surface area (Å²) in [6, 6.07) is 9.51. The highest BCUT2D eigenvalue weighted by atomic mass is 35.5. The molecule has 19 N–H and O–H groups in total. The number of carboxylic acid groups (broad SMARTS) is 1. The maximum atomic E-state index is 12.5. The summed E-state index contributed by atoms with van der Waals surface area (Å²) in [5.41, 5.74) is 16.9. The first kappa shape index (κ1) is 72.7. The van der Waals surface area contributed by atoms with Crippen molar-refractivity contribution in [3.63, 3.8) is 0 Å². The molecule has 4 amide bonds. The van der Waals surface area contributed by atoms with Crippen LogP contribution in [0.3, 0.4) is 0 Å². The third-order valence-electron chi connectivity index (χ3n) is 8.38. The minimum absolute atomic E-state index is 0.0439. The van der Waals surface area contributed by atoms with Gasteiger partial charge in [-0.2, -0.15) is 0 Å². The highest BCUT2D eigenvalue weighted by Gasteiger charge is 2.28. The van der Waals surface area contributed by atoms with Gasteiger partial charge in [0.15, 0.2) is 6.04 Å². The SMILES string of the molecule is CC(C)(C)OCC(NC(=O)OC(C)(C)C)C(=O)NNCc1ccc(O)cc1O.CC(C)(C)OCC(NC(=O)OC(C)(C)C)C(=O)O.ClCCl.NC(CO)C(=O)NNCc1ccc(O)cc1O.NNCc1ccc(O)cc1O. The Morgan fingerprint density at radius 2 is 0.870 bits per heavy atom. The number of aliphatic hydroxyl groups is 1. The Balaban J connectivity index is 0. The van der Waals surface area contributed by atoms with Gasteiger partial charge in [-0.05, 0) is 101 Å². The lowest BCUT2D eigenvalue weighted by atomic mass is 10.2. The zero-order valence-corrected chi connectivity index (χ0v) is 47.1. The highest BCUT2D eigenvalue weighted by molar-refractivity contribution is 6.40. The normalized spacial score (nSPS) is 12.3. The van der Waals surface area contributed by atoms with Crippen molar-refractivity contribution in [2.75, 3.05) is 25.2 Å². The molecule has 0 aromatic heterocycles. The number of phenolic OH excluding ortho intramolecular Hbond substituents is 6. The molecular weight excluding hydrogens is 1060 g/mol. The van der Waals surface area contributed by atoms with E-state index in [2.05, 4.69) is 37.8 Å². The Morgan fingerprint density at radius 3 is 1.17 bits per heavy atom. The van der Waals surface area contributed by atoms with E-state index in [-0.39, 0.29) is 66.1 Å². The van der Waals surface area contributed by atoms with Crippen molar-refractivity contribution >= 4 is 53.2 Å². The Bertz CT molecular complexity index is 2260. The third kappa shape index (κ3) is 38.0. The maximum Gasteiger partial charge on any atom is 0.408 e. The lowest BCUT2D eigenvalue weighted by Gasteiger charge is -2.26. The first-order chi connectivity index (χ1) is 35.4. The van der Waals surface area contributed by atoms with Gasteiger partial charge in [0.25, 0.3) is 11.8 Å². The minimum atomic E-state index is -1.16. The summed E-state index contributed by atoms with van der Waals surface area (Å²) < 4.78 is 21.1. The van der Waals surface area contributed by atoms with Gasteiger partial charge in [0.2, 0.25) is 0 Å². The molecule has 28 heteroatoms. The van der Waals surface area contributed by atoms with Crippen molar-refractivity contribution in [3.8, 4) is 34.5 Å². The average Bonchev–Trinajstić information content (AvgIpc) is 3.27. The van der Waals surface area contributed by atoms with Crippen LogP contribution in [0.25, 0.3) is 0 Å². The van der Waals surface area contributed by atoms with Gasteiger partial charge < -0.3 is 76.2 Å². The van der Waals surface area contributed by atoms with Crippen LogP contribution in [0.5, 0.6) is 34.5 Å². The van der Waals surface area contributed by atoms with Gasteiger partial charge >= 0.3 is 18.2 Å². The number of nitrogens with one attached hydrogen (secondary N) is 7. The number of phenols is 6. The summed E-state index contributed by atoms with van der Waals surface area (Å²) in [6.07, 6.45) is -1.51. The second-order valence-electron chi connectivity index (χ2n) is 20.0. The molecule has 26 nitrogen and oxygen atoms in total. The summed E-state index contributed by atoms with van der Waals surface area (Å²) in [6.45, 7) is 21.2. The molecule has 0 fully saturated rings. The molecule has 0 bridgehead atoms. The molecule has 3 aromatic rings. The van der Waals surface area contributed by atoms with Crippen LogP contribution < -0.4 is 49.3 Å². The van der Waals surface area contributed by atoms with Crippen LogP contribution >= 0.6 is 23.2 Å². The topological polar surface area (TPSA) is 420 Å². The van der Waals surface area contributed by atoms with Crippen molar-refractivity contribution in [2.45, 2.75) is 143 Å². The molecule has 0 aliphatic carbocycles. The number of ether oxygens (including phenoxy) is 4. The van der Waals surface area contributed by atoms with Crippen LogP contribution in [0.15, 0.2) is 54.6 Å². The van der Waals surface area contributed by atoms with Crippen molar-refractivity contribution in [1.82, 2.24) is 37.8 Å². The molecule has 0 spiro atoms. The van der Waals surface area contributed by atoms with E-state index in [0.29, 0.717) is 23.2 Å². The van der Waals surface area contributed by atoms with Crippen LogP contribution in [0.2, 0.25) is 0 Å². The van der Waals surface area contributed by atoms with Crippen molar-refractivity contribution < 1.29 is 83.8 Å². The number of nitrogens with two attached hydrogens (primary N) is 2. The molecule has 0 saturated carbocycles. The molecule has 77 heavy (non-hydrogen) atoms. The zero-order chi connectivity index (χ0) is 59.9. The van der Waals surface area contributed by atoms with Crippen molar-refractivity contribution in [3.05, 3.63) is 71.3 Å². The van der Waals surface area contributed by atoms with Gasteiger partial charge in [-0.1, -0.05) is 18.2 Å². The number of rotatable bonds is 18. The lowest BCUT2D eigenvalue weighted by molar-refractivity contribution is -0.142. The zero-order valence-electron chi connectivity index (χ0n) is 45.5. The molecule has 0 aliphatic heterocycles. The van der Waals surface area contributed by atoms with Gasteiger partial charge in [-0.25, -0.2) is 25.2 Å². The molecule has 3 atom stereocenters. The van der Waals surface area contributed by atoms with Gasteiger partial charge in [0.1, 0.15) is 57.8 Å². The summed E-state index contributed by atoms with van der Waals surface area (Å²) in [7, 11) is 0. The number of carbonyl (C=O) groups excluding carboxylic acids is 4. The number of aromatic hydroxyl groups is 6. The number of halogens is 2. The number of hydrogen-bond acceptors (Lipinski definition) is 21. The Labute approximate surface area is 459 Å². The van der Waals surface area contributed by atoms with Crippen LogP contribution in [0.1, 0.15) is 99.8 Å². The number of carboxylic acids is 1. The molecule has 0 radical (unpaired) electrons. The number of carbonyl (C=O) groups is 5. The largest absolute Gasteiger partial charge is 0.508 e. The molecule has 3 unspecified atom stereocenters. The third-order valence-corrected chi connectivity index (χ3v) is 8.38. The molecular formula is C49H81Cl2N9O17. The fourth-order valence-corrected chi connectivity index (χ4v) is 4.85. The molecule has 0 saturated heterocycles. The number of aliphatic hydroxyl groups excluding tert-OH is 1. The first-order valence-electron chi connectivity index (χ1n) is 23.4. The van der Waals surface area contributed by atoms with E-state index in [9.17, 15) is 39.3 Å². The van der Waals surface area contributed by atoms with Crippen LogP contribution in [0.4, 0.5) is 9.59 Å². The quantitative estimate of drug-likeness (QED) is 0.0490. The lowest BCUT2D eigenvalue weighted by Crippen LogP contribution is -2.54. The molecule has 0 heterocycles. The standard InChI is InChI=1S/C19H31N3O6.C12H23NO5.C10H15N3O4.C7H10N2O2.CH2Cl2/c1-18(2,3)27-11-14(21-17(26)28-19(4,5)6)16(25)22-20-10-12-7-8-13(23)9-15(12)24;1-11(2,3)17-7-8(9(14)15)13-10(16)18-12(4,5)6;11-8(5-14)10(17)13-12-4-6-1-2-7(15)3-9(6)16;8-9-4-5-1-2-6(10)3-7(5)11;2-1-3/h7-9,14,20,23-24H,10-11H2,1-6H3,(H,21,26)(H,22,25);8H,7H2,1-6H3,(H,13,16)(H,14,15);1-3,8,12,14-16H,4-5,11H2,(H,13,17);1-3,9-11H,4,8H2;1H2. The van der Waals surface area contributed by atoms with E-state index in [0.717, 1.165) is 0 Å². The number of hydrogen-bond donors (Lipinski definition) is 17. The fraction of sp³-hybridized carbons (Fsp3) is 0.531. The monoisotopic (exact) mass is 1140 g/mol. The van der Waals surface area contributed by atoms with Crippen molar-refractivity contribution in [1.29, 1.82) is 0 Å². The van der Waals surface area contributed by atoms with Gasteiger partial charge in [0.05, 0.1) is 36.4 Å². The van der Waals surface area contributed by atoms with E-state index >= 15 is 0 Å². The van der Waals surface area contributed by atoms with Gasteiger partial charge in [-0.3, -0.25) is 31.7 Å². The maximum absolute atomic E-state index is 12.5. The van der Waals surface area contributed by atoms with Gasteiger partial charge in [-0.15, -0.1) is 23.2 Å². The predicted molar refractivity (Wildman–Crippen MR) is 287 cm³/mol. The smallest absolute Gasteiger partial charge is 0.408 e. The van der Waals surface area contributed by atoms with E-state index in [1.54, 1.807) is 68.4 Å². The van der Waals surface area contributed by atoms with E-state index < -0.39 is 77.1 Å². The second kappa shape index (κ2) is 35.9. The molecule has 3 aromatic carbocycles. The number of aliphatic carboxylic acids is 1. The van der Waals surface area contributed by atoms with Crippen LogP contribution in [-0.4, -0.2) is 137 Å². The number of hydrazine groups is 3. The Kier molecular flexibility index (Phi) is 33.9. The van der Waals surface area contributed by atoms with E-state index in [1.165, 1.54) is 48.5 Å². The van der Waals surface area contributed by atoms with E-state index in [4.69, 9.17) is 79.3 Å². The number of alkyl carbamates (subject to hydrolysis) is 2. The molecule has 3 rings (SSSR count). The minimum Gasteiger partial charge on any atom is -0.508 e. The Hall–Kier alpha value is -6.33. The summed E-state index contributed by atoms with van der Waals surface area (Å²) in [5, 5.41) is 78.1. The first-order valence-corrected chi connectivity index (χ1v) is 24.4. The summed E-state index contributed by atoms with van der Waals surface area (Å²) in [4.78, 5) is 58.0. The van der Waals surface area contributed by atoms with Crippen LogP contribution in [-0.2, 0) is 53.0 Å². The van der Waals surface area contributed by atoms with Gasteiger partial charge in [0, 0.05) is 54.5 Å². The fourth-order valence-electron chi connectivity index (χ4n) is 4.85. The number of amides is 4. The number of benzene rings is 3. The van der Waals surface area contributed by atoms with Crippen LogP contribution in [0, 0.1) is 0 Å².